The van der Waals surface area contributed by atoms with Crippen molar-refractivity contribution in [3.8, 4) is 0 Å². The first-order chi connectivity index (χ1) is 8.84. The first-order valence-corrected chi connectivity index (χ1v) is 6.85. The van der Waals surface area contributed by atoms with Crippen LogP contribution in [0.25, 0.3) is 6.08 Å². The maximum atomic E-state index is 12.3. The molecular formula is C16H12OS. The molecule has 0 spiro atoms. The molecule has 2 aromatic carbocycles. The van der Waals surface area contributed by atoms with Gasteiger partial charge in [0.2, 0.25) is 0 Å². The van der Waals surface area contributed by atoms with Gasteiger partial charge in [0.05, 0.1) is 0 Å². The van der Waals surface area contributed by atoms with E-state index in [1.807, 2.05) is 60.7 Å². The molecule has 0 atom stereocenters. The highest BCUT2D eigenvalue weighted by molar-refractivity contribution is 7.99. The Morgan fingerprint density at radius 2 is 1.67 bits per heavy atom. The molecule has 2 aromatic rings. The quantitative estimate of drug-likeness (QED) is 0.712. The van der Waals surface area contributed by atoms with Gasteiger partial charge in [-0.05, 0) is 23.8 Å². The van der Waals surface area contributed by atoms with E-state index >= 15 is 0 Å². The molecule has 0 aromatic heterocycles. The second-order valence-corrected chi connectivity index (χ2v) is 5.21. The van der Waals surface area contributed by atoms with Gasteiger partial charge >= 0.3 is 0 Å². The monoisotopic (exact) mass is 252 g/mol. The molecule has 88 valence electrons. The number of rotatable bonds is 1. The molecule has 0 amide bonds. The van der Waals surface area contributed by atoms with Crippen molar-refractivity contribution < 1.29 is 4.79 Å². The number of hydrogen-bond donors (Lipinski definition) is 0. The molecule has 0 unspecified atom stereocenters. The van der Waals surface area contributed by atoms with Crippen molar-refractivity contribution in [3.63, 3.8) is 0 Å². The Bertz CT molecular complexity index is 614. The molecule has 0 radical (unpaired) electrons. The molecule has 1 aliphatic heterocycles. The van der Waals surface area contributed by atoms with Gasteiger partial charge in [-0.25, -0.2) is 0 Å². The summed E-state index contributed by atoms with van der Waals surface area (Å²) >= 11 is 1.73. The average molecular weight is 252 g/mol. The minimum Gasteiger partial charge on any atom is -0.289 e. The van der Waals surface area contributed by atoms with Crippen molar-refractivity contribution in [3.05, 3.63) is 71.3 Å². The predicted molar refractivity (Wildman–Crippen MR) is 75.9 cm³/mol. The van der Waals surface area contributed by atoms with Crippen molar-refractivity contribution in [1.82, 2.24) is 0 Å². The van der Waals surface area contributed by atoms with Gasteiger partial charge in [-0.15, -0.1) is 11.8 Å². The maximum absolute atomic E-state index is 12.3. The SMILES string of the molecule is O=C1C(=Cc2ccccc2)CSc2ccccc21. The summed E-state index contributed by atoms with van der Waals surface area (Å²) in [5, 5.41) is 0. The Labute approximate surface area is 111 Å². The van der Waals surface area contributed by atoms with E-state index in [0.29, 0.717) is 0 Å². The zero-order chi connectivity index (χ0) is 12.4. The van der Waals surface area contributed by atoms with Crippen LogP contribution in [0.15, 0.2) is 65.1 Å². The van der Waals surface area contributed by atoms with E-state index in [2.05, 4.69) is 0 Å². The molecule has 1 heterocycles. The third-order valence-corrected chi connectivity index (χ3v) is 4.07. The van der Waals surface area contributed by atoms with E-state index < -0.39 is 0 Å². The number of ketones is 1. The summed E-state index contributed by atoms with van der Waals surface area (Å²) in [6, 6.07) is 17.8. The number of Topliss-reactive ketones (excluding diaryl/α,β-unsaturated/α-hetero) is 1. The van der Waals surface area contributed by atoms with E-state index in [1.54, 1.807) is 11.8 Å². The lowest BCUT2D eigenvalue weighted by Crippen LogP contribution is -2.11. The van der Waals surface area contributed by atoms with Gasteiger partial charge in [0.15, 0.2) is 5.78 Å². The van der Waals surface area contributed by atoms with Crippen molar-refractivity contribution >= 4 is 23.6 Å². The van der Waals surface area contributed by atoms with E-state index in [-0.39, 0.29) is 5.78 Å². The fourth-order valence-corrected chi connectivity index (χ4v) is 3.05. The molecule has 0 saturated carbocycles. The summed E-state index contributed by atoms with van der Waals surface area (Å²) < 4.78 is 0. The van der Waals surface area contributed by atoms with Crippen LogP contribution in [-0.2, 0) is 0 Å². The lowest BCUT2D eigenvalue weighted by molar-refractivity contribution is 0.103. The molecular weight excluding hydrogens is 240 g/mol. The minimum atomic E-state index is 0.160. The van der Waals surface area contributed by atoms with Crippen molar-refractivity contribution in [2.75, 3.05) is 5.75 Å². The smallest absolute Gasteiger partial charge is 0.191 e. The second-order valence-electron chi connectivity index (χ2n) is 4.19. The van der Waals surface area contributed by atoms with Gasteiger partial charge in [-0.3, -0.25) is 4.79 Å². The summed E-state index contributed by atoms with van der Waals surface area (Å²) in [6.07, 6.45) is 1.99. The highest BCUT2D eigenvalue weighted by Gasteiger charge is 2.21. The molecule has 1 aliphatic rings. The van der Waals surface area contributed by atoms with Crippen LogP contribution in [0.3, 0.4) is 0 Å². The third kappa shape index (κ3) is 2.12. The molecule has 3 rings (SSSR count). The van der Waals surface area contributed by atoms with Gasteiger partial charge in [-0.2, -0.15) is 0 Å². The fraction of sp³-hybridized carbons (Fsp3) is 0.0625. The lowest BCUT2D eigenvalue weighted by Gasteiger charge is -2.16. The van der Waals surface area contributed by atoms with E-state index in [4.69, 9.17) is 0 Å². The number of fused-ring (bicyclic) bond motifs is 1. The number of carbonyl (C=O) groups excluding carboxylic acids is 1. The topological polar surface area (TPSA) is 17.1 Å². The van der Waals surface area contributed by atoms with Gasteiger partial charge in [0.1, 0.15) is 0 Å². The Hall–Kier alpha value is -1.80. The van der Waals surface area contributed by atoms with Crippen LogP contribution in [-0.4, -0.2) is 11.5 Å². The van der Waals surface area contributed by atoms with Crippen molar-refractivity contribution in [1.29, 1.82) is 0 Å². The van der Waals surface area contributed by atoms with Crippen LogP contribution in [0.2, 0.25) is 0 Å². The molecule has 18 heavy (non-hydrogen) atoms. The van der Waals surface area contributed by atoms with Gasteiger partial charge < -0.3 is 0 Å². The number of hydrogen-bond acceptors (Lipinski definition) is 2. The molecule has 0 saturated heterocycles. The predicted octanol–water partition coefficient (Wildman–Crippen LogP) is 4.06. The Morgan fingerprint density at radius 1 is 0.944 bits per heavy atom. The standard InChI is InChI=1S/C16H12OS/c17-16-13(10-12-6-2-1-3-7-12)11-18-15-9-5-4-8-14(15)16/h1-10H,11H2. The number of thioether (sulfide) groups is 1. The Morgan fingerprint density at radius 3 is 2.50 bits per heavy atom. The molecule has 0 fully saturated rings. The highest BCUT2D eigenvalue weighted by Crippen LogP contribution is 2.33. The van der Waals surface area contributed by atoms with Crippen LogP contribution < -0.4 is 0 Å². The Kier molecular flexibility index (Phi) is 3.03. The van der Waals surface area contributed by atoms with Crippen molar-refractivity contribution in [2.24, 2.45) is 0 Å². The van der Waals surface area contributed by atoms with Crippen LogP contribution in [0, 0.1) is 0 Å². The number of carbonyl (C=O) groups is 1. The summed E-state index contributed by atoms with van der Waals surface area (Å²) in [6.45, 7) is 0. The summed E-state index contributed by atoms with van der Waals surface area (Å²) in [5.74, 6) is 0.915. The van der Waals surface area contributed by atoms with Crippen molar-refractivity contribution in [2.45, 2.75) is 4.90 Å². The van der Waals surface area contributed by atoms with E-state index in [1.165, 1.54) is 0 Å². The zero-order valence-corrected chi connectivity index (χ0v) is 10.6. The molecule has 0 N–H and O–H groups in total. The third-order valence-electron chi connectivity index (χ3n) is 2.95. The first-order valence-electron chi connectivity index (χ1n) is 5.87. The molecule has 1 nitrogen and oxygen atoms in total. The number of benzene rings is 2. The normalized spacial score (nSPS) is 16.7. The van der Waals surface area contributed by atoms with Crippen LogP contribution in [0.5, 0.6) is 0 Å². The van der Waals surface area contributed by atoms with Gasteiger partial charge in [-0.1, -0.05) is 42.5 Å². The largest absolute Gasteiger partial charge is 0.289 e. The molecule has 2 heteroatoms. The van der Waals surface area contributed by atoms with Crippen LogP contribution in [0.1, 0.15) is 15.9 Å². The summed E-state index contributed by atoms with van der Waals surface area (Å²) in [5.41, 5.74) is 2.79. The molecule has 0 aliphatic carbocycles. The first kappa shape index (κ1) is 11.3. The zero-order valence-electron chi connectivity index (χ0n) is 9.80. The van der Waals surface area contributed by atoms with Gasteiger partial charge in [0.25, 0.3) is 0 Å². The average Bonchev–Trinajstić information content (AvgIpc) is 2.43. The highest BCUT2D eigenvalue weighted by atomic mass is 32.2. The minimum absolute atomic E-state index is 0.160. The second kappa shape index (κ2) is 4.83. The summed E-state index contributed by atoms with van der Waals surface area (Å²) in [4.78, 5) is 13.4. The Balaban J connectivity index is 1.98. The lowest BCUT2D eigenvalue weighted by atomic mass is 10.0. The van der Waals surface area contributed by atoms with E-state index in [9.17, 15) is 4.79 Å². The van der Waals surface area contributed by atoms with Crippen LogP contribution in [0.4, 0.5) is 0 Å². The van der Waals surface area contributed by atoms with Gasteiger partial charge in [0, 0.05) is 21.8 Å². The van der Waals surface area contributed by atoms with Crippen LogP contribution >= 0.6 is 11.8 Å². The fourth-order valence-electron chi connectivity index (χ4n) is 2.03. The summed E-state index contributed by atoms with van der Waals surface area (Å²) in [7, 11) is 0. The maximum Gasteiger partial charge on any atom is 0.191 e. The van der Waals surface area contributed by atoms with E-state index in [0.717, 1.165) is 27.3 Å². The molecule has 0 bridgehead atoms.